The first kappa shape index (κ1) is 37.6. The van der Waals surface area contributed by atoms with Gasteiger partial charge in [-0.15, -0.1) is 11.3 Å². The zero-order chi connectivity index (χ0) is 41.8. The molecule has 61 heavy (non-hydrogen) atoms. The lowest BCUT2D eigenvalue weighted by molar-refractivity contribution is 0.590. The highest BCUT2D eigenvalue weighted by atomic mass is 32.1. The van der Waals surface area contributed by atoms with Crippen LogP contribution in [0, 0.1) is 6.92 Å². The normalized spacial score (nSPS) is 13.4. The molecule has 0 atom stereocenters. The maximum Gasteiger partial charge on any atom is 0.252 e. The van der Waals surface area contributed by atoms with Crippen LogP contribution in [0.15, 0.2) is 170 Å². The summed E-state index contributed by atoms with van der Waals surface area (Å²) in [6.07, 6.45) is 0. The number of hydrogen-bond donors (Lipinski definition) is 0. The zero-order valence-electron chi connectivity index (χ0n) is 36.0. The molecular weight excluding hydrogens is 756 g/mol. The van der Waals surface area contributed by atoms with E-state index in [0.29, 0.717) is 0 Å². The second-order valence-electron chi connectivity index (χ2n) is 19.1. The molecule has 0 fully saturated rings. The van der Waals surface area contributed by atoms with Crippen LogP contribution < -0.4 is 26.2 Å². The van der Waals surface area contributed by atoms with E-state index in [1.807, 2.05) is 11.3 Å². The lowest BCUT2D eigenvalue weighted by Gasteiger charge is -2.45. The molecule has 1 aromatic heterocycles. The van der Waals surface area contributed by atoms with Crippen molar-refractivity contribution in [2.45, 2.75) is 59.3 Å². The van der Waals surface area contributed by atoms with Gasteiger partial charge in [-0.1, -0.05) is 151 Å². The maximum atomic E-state index is 2.56. The molecule has 2 aliphatic rings. The zero-order valence-corrected chi connectivity index (χ0v) is 36.9. The molecular formula is C57H49BN2S. The number of benzene rings is 8. The summed E-state index contributed by atoms with van der Waals surface area (Å²) >= 11 is 1.88. The van der Waals surface area contributed by atoms with Gasteiger partial charge in [0.1, 0.15) is 0 Å². The number of rotatable bonds is 4. The van der Waals surface area contributed by atoms with Crippen LogP contribution in [-0.2, 0) is 10.8 Å². The molecule has 0 saturated carbocycles. The Kier molecular flexibility index (Phi) is 8.54. The molecule has 9 aromatic rings. The lowest BCUT2D eigenvalue weighted by atomic mass is 9.33. The average molecular weight is 805 g/mol. The third-order valence-corrected chi connectivity index (χ3v) is 14.2. The highest BCUT2D eigenvalue weighted by Crippen LogP contribution is 2.47. The smallest absolute Gasteiger partial charge is 0.252 e. The fourth-order valence-corrected chi connectivity index (χ4v) is 11.0. The maximum absolute atomic E-state index is 2.56. The molecule has 0 N–H and O–H groups in total. The first-order chi connectivity index (χ1) is 29.4. The van der Waals surface area contributed by atoms with Crippen LogP contribution in [0.4, 0.5) is 34.1 Å². The monoisotopic (exact) mass is 804 g/mol. The average Bonchev–Trinajstić information content (AvgIpc) is 3.65. The van der Waals surface area contributed by atoms with E-state index >= 15 is 0 Å². The predicted molar refractivity (Wildman–Crippen MR) is 266 cm³/mol. The summed E-state index contributed by atoms with van der Waals surface area (Å²) in [5.41, 5.74) is 20.2. The Balaban J connectivity index is 1.13. The van der Waals surface area contributed by atoms with Crippen molar-refractivity contribution in [3.8, 4) is 22.3 Å². The van der Waals surface area contributed by atoms with Crippen LogP contribution in [0.2, 0.25) is 0 Å². The van der Waals surface area contributed by atoms with Gasteiger partial charge in [0.2, 0.25) is 0 Å². The van der Waals surface area contributed by atoms with E-state index in [0.717, 1.165) is 11.4 Å². The van der Waals surface area contributed by atoms with Gasteiger partial charge in [-0.05, 0) is 134 Å². The van der Waals surface area contributed by atoms with Crippen molar-refractivity contribution in [2.24, 2.45) is 0 Å². The summed E-state index contributed by atoms with van der Waals surface area (Å²) in [6, 6.07) is 64.2. The van der Waals surface area contributed by atoms with Gasteiger partial charge in [0.25, 0.3) is 6.71 Å². The summed E-state index contributed by atoms with van der Waals surface area (Å²) in [5, 5.41) is 2.67. The molecule has 0 radical (unpaired) electrons. The number of anilines is 6. The third kappa shape index (κ3) is 6.14. The van der Waals surface area contributed by atoms with Crippen molar-refractivity contribution >= 4 is 88.7 Å². The molecule has 296 valence electrons. The minimum absolute atomic E-state index is 0.00694. The quantitative estimate of drug-likeness (QED) is 0.164. The number of nitrogens with zero attached hydrogens (tertiary/aromatic N) is 2. The third-order valence-electron chi connectivity index (χ3n) is 13.0. The summed E-state index contributed by atoms with van der Waals surface area (Å²) in [6.45, 7) is 16.3. The van der Waals surface area contributed by atoms with E-state index < -0.39 is 0 Å². The van der Waals surface area contributed by atoms with Gasteiger partial charge in [0.05, 0.1) is 0 Å². The molecule has 2 nitrogen and oxygen atoms in total. The molecule has 0 spiro atoms. The lowest BCUT2D eigenvalue weighted by Crippen LogP contribution is -2.61. The number of fused-ring (bicyclic) bond motifs is 7. The van der Waals surface area contributed by atoms with Crippen molar-refractivity contribution in [2.75, 3.05) is 9.80 Å². The fraction of sp³-hybridized carbons (Fsp3) is 0.158. The van der Waals surface area contributed by atoms with E-state index in [1.54, 1.807) is 0 Å². The molecule has 0 bridgehead atoms. The van der Waals surface area contributed by atoms with Gasteiger partial charge in [-0.25, -0.2) is 0 Å². The van der Waals surface area contributed by atoms with Gasteiger partial charge >= 0.3 is 0 Å². The van der Waals surface area contributed by atoms with Crippen molar-refractivity contribution < 1.29 is 0 Å². The Morgan fingerprint density at radius 1 is 0.443 bits per heavy atom. The van der Waals surface area contributed by atoms with Crippen LogP contribution >= 0.6 is 11.3 Å². The molecule has 0 unspecified atom stereocenters. The van der Waals surface area contributed by atoms with Crippen molar-refractivity contribution in [1.29, 1.82) is 0 Å². The summed E-state index contributed by atoms with van der Waals surface area (Å²) in [7, 11) is 0. The molecule has 3 heterocycles. The van der Waals surface area contributed by atoms with E-state index in [2.05, 4.69) is 228 Å². The number of aryl methyl sites for hydroxylation is 1. The standard InChI is InChI=1S/C57H49BN2S/c1-36-32-50-55-51(33-36)60(43-28-22-39(23-29-43)44-17-13-19-53-54(44)45-16-11-12-18-52(45)61-53)49-35-41(57(5,6)7)25-31-47(49)58(55)46-30-24-40(56(2,3)4)34-48(46)59(50)42-26-20-38(21-27-42)37-14-9-8-10-15-37/h8-35H,1-7H3. The van der Waals surface area contributed by atoms with E-state index in [9.17, 15) is 0 Å². The predicted octanol–water partition coefficient (Wildman–Crippen LogP) is 14.4. The minimum Gasteiger partial charge on any atom is -0.311 e. The highest BCUT2D eigenvalue weighted by molar-refractivity contribution is 7.26. The summed E-state index contributed by atoms with van der Waals surface area (Å²) in [4.78, 5) is 5.10. The first-order valence-electron chi connectivity index (χ1n) is 21.6. The summed E-state index contributed by atoms with van der Waals surface area (Å²) < 4.78 is 2.66. The molecule has 2 aliphatic heterocycles. The van der Waals surface area contributed by atoms with Crippen molar-refractivity contribution in [3.63, 3.8) is 0 Å². The van der Waals surface area contributed by atoms with Gasteiger partial charge in [0, 0.05) is 54.3 Å². The molecule has 11 rings (SSSR count). The number of thiophene rings is 1. The molecule has 8 aromatic carbocycles. The summed E-state index contributed by atoms with van der Waals surface area (Å²) in [5.74, 6) is 0. The van der Waals surface area contributed by atoms with Gasteiger partial charge < -0.3 is 9.80 Å². The topological polar surface area (TPSA) is 6.48 Å². The second kappa shape index (κ2) is 13.8. The second-order valence-corrected chi connectivity index (χ2v) is 20.2. The van der Waals surface area contributed by atoms with Gasteiger partial charge in [0.15, 0.2) is 0 Å². The fourth-order valence-electron chi connectivity index (χ4n) is 9.85. The van der Waals surface area contributed by atoms with Crippen LogP contribution in [0.5, 0.6) is 0 Å². The Hall–Kier alpha value is -6.36. The Morgan fingerprint density at radius 2 is 0.951 bits per heavy atom. The highest BCUT2D eigenvalue weighted by Gasteiger charge is 2.44. The van der Waals surface area contributed by atoms with Crippen molar-refractivity contribution in [1.82, 2.24) is 0 Å². The van der Waals surface area contributed by atoms with E-state index in [4.69, 9.17) is 0 Å². The minimum atomic E-state index is -0.0145. The SMILES string of the molecule is Cc1cc2c3c(c1)N(c1ccc(-c4cccc5sc6ccccc6c45)cc1)c1cc(C(C)(C)C)ccc1B3c1ccc(C(C)(C)C)cc1N2c1ccc(-c2ccccc2)cc1. The largest absolute Gasteiger partial charge is 0.311 e. The van der Waals surface area contributed by atoms with Crippen LogP contribution in [-0.4, -0.2) is 6.71 Å². The van der Waals surface area contributed by atoms with Crippen LogP contribution in [0.1, 0.15) is 58.2 Å². The van der Waals surface area contributed by atoms with Crippen LogP contribution in [0.3, 0.4) is 0 Å². The molecule has 0 saturated heterocycles. The Labute approximate surface area is 364 Å². The van der Waals surface area contributed by atoms with Crippen molar-refractivity contribution in [3.05, 3.63) is 187 Å². The molecule has 0 aliphatic carbocycles. The first-order valence-corrected chi connectivity index (χ1v) is 22.4. The van der Waals surface area contributed by atoms with E-state index in [1.165, 1.54) is 98.3 Å². The van der Waals surface area contributed by atoms with E-state index in [-0.39, 0.29) is 17.5 Å². The Morgan fingerprint density at radius 3 is 1.52 bits per heavy atom. The Bertz CT molecular complexity index is 3170. The van der Waals surface area contributed by atoms with Gasteiger partial charge in [-0.2, -0.15) is 0 Å². The number of hydrogen-bond acceptors (Lipinski definition) is 3. The molecule has 0 amide bonds. The van der Waals surface area contributed by atoms with Gasteiger partial charge in [-0.3, -0.25) is 0 Å². The van der Waals surface area contributed by atoms with Crippen LogP contribution in [0.25, 0.3) is 42.4 Å². The molecule has 4 heteroatoms.